The Kier molecular flexibility index (Phi) is 15.8. The monoisotopic (exact) mass is 542 g/mol. The number of carboxylic acid groups (broad SMARTS) is 2. The third-order valence-electron chi connectivity index (χ3n) is 4.85. The van der Waals surface area contributed by atoms with Gasteiger partial charge in [-0.3, -0.25) is 19.2 Å². The maximum atomic E-state index is 12.7. The zero-order chi connectivity index (χ0) is 28.0. The van der Waals surface area contributed by atoms with Gasteiger partial charge in [0.2, 0.25) is 17.7 Å². The van der Waals surface area contributed by atoms with E-state index in [4.69, 9.17) is 10.2 Å². The summed E-state index contributed by atoms with van der Waals surface area (Å²) in [5, 5.41) is 74.6. The summed E-state index contributed by atoms with van der Waals surface area (Å²) in [6.45, 7) is -1.57. The highest BCUT2D eigenvalue weighted by Gasteiger charge is 2.32. The van der Waals surface area contributed by atoms with E-state index in [1.165, 1.54) is 7.05 Å². The second-order valence-electron chi connectivity index (χ2n) is 7.66. The lowest BCUT2D eigenvalue weighted by molar-refractivity contribution is -0.142. The highest BCUT2D eigenvalue weighted by molar-refractivity contribution is 7.98. The molecule has 36 heavy (non-hydrogen) atoms. The zero-order valence-electron chi connectivity index (χ0n) is 19.7. The van der Waals surface area contributed by atoms with Gasteiger partial charge in [0.15, 0.2) is 0 Å². The second kappa shape index (κ2) is 17.0. The number of hydrogen-bond donors (Lipinski definition) is 11. The topological polar surface area (TPSA) is 275 Å². The molecule has 0 aliphatic rings. The van der Waals surface area contributed by atoms with E-state index in [1.54, 1.807) is 6.26 Å². The molecule has 0 spiro atoms. The van der Waals surface area contributed by atoms with Crippen LogP contribution in [-0.2, 0) is 24.0 Å². The third kappa shape index (κ3) is 11.9. The highest BCUT2D eigenvalue weighted by atomic mass is 32.2. The van der Waals surface area contributed by atoms with Crippen LogP contribution in [0.15, 0.2) is 0 Å². The predicted molar refractivity (Wildman–Crippen MR) is 124 cm³/mol. The largest absolute Gasteiger partial charge is 0.481 e. The van der Waals surface area contributed by atoms with Crippen molar-refractivity contribution in [1.29, 1.82) is 0 Å². The average molecular weight is 543 g/mol. The molecule has 208 valence electrons. The average Bonchev–Trinajstić information content (AvgIpc) is 2.82. The maximum absolute atomic E-state index is 12.7. The number of carbonyl (C=O) groups excluding carboxylic acids is 3. The predicted octanol–water partition coefficient (Wildman–Crippen LogP) is -5.59. The number of carbonyl (C=O) groups is 5. The van der Waals surface area contributed by atoms with Crippen molar-refractivity contribution in [2.45, 2.75) is 55.4 Å². The van der Waals surface area contributed by atoms with Gasteiger partial charge in [0.25, 0.3) is 0 Å². The van der Waals surface area contributed by atoms with Crippen LogP contribution in [0.3, 0.4) is 0 Å². The van der Waals surface area contributed by atoms with E-state index in [0.29, 0.717) is 0 Å². The molecule has 0 aliphatic heterocycles. The Morgan fingerprint density at radius 1 is 0.806 bits per heavy atom. The molecule has 7 atom stereocenters. The summed E-state index contributed by atoms with van der Waals surface area (Å²) in [7, 11) is 1.29. The zero-order valence-corrected chi connectivity index (χ0v) is 20.5. The summed E-state index contributed by atoms with van der Waals surface area (Å²) in [6.07, 6.45) is -7.28. The standard InChI is InChI=1S/C19H34N4O12S/c1-20-8(4-14(28)29)17(32)22-9(18(33)23-10(7-36-2)19(34)35)3-13(27)21-5-11(25)15(30)16(31)12(26)6-24/h8-12,15-16,20,24-26,30-31H,3-7H2,1-2H3,(H,21,27)(H,22,32)(H,23,33)(H,28,29)(H,34,35)/t8-,9?,10-,11?,12?,15?,16?/m0/s1. The van der Waals surface area contributed by atoms with Gasteiger partial charge in [-0.1, -0.05) is 0 Å². The van der Waals surface area contributed by atoms with Crippen LogP contribution in [-0.4, -0.2) is 140 Å². The Hall–Kier alpha value is -2.54. The molecule has 0 saturated heterocycles. The lowest BCUT2D eigenvalue weighted by Gasteiger charge is -2.26. The number of carboxylic acids is 2. The molecular weight excluding hydrogens is 508 g/mol. The minimum atomic E-state index is -1.96. The van der Waals surface area contributed by atoms with E-state index in [2.05, 4.69) is 21.3 Å². The molecule has 17 heteroatoms. The Morgan fingerprint density at radius 3 is 1.81 bits per heavy atom. The summed E-state index contributed by atoms with van der Waals surface area (Å²) in [5.74, 6) is -5.68. The smallest absolute Gasteiger partial charge is 0.327 e. The van der Waals surface area contributed by atoms with Crippen molar-refractivity contribution in [3.63, 3.8) is 0 Å². The van der Waals surface area contributed by atoms with Crippen molar-refractivity contribution in [2.75, 3.05) is 32.2 Å². The SMILES string of the molecule is CN[C@@H](CC(=O)O)C(=O)NC(CC(=O)NCC(O)C(O)C(O)C(O)CO)C(=O)N[C@@H](CSC)C(=O)O. The summed E-state index contributed by atoms with van der Waals surface area (Å²) in [4.78, 5) is 59.8. The molecule has 0 aromatic rings. The first kappa shape index (κ1) is 33.5. The molecule has 0 radical (unpaired) electrons. The molecule has 0 bridgehead atoms. The van der Waals surface area contributed by atoms with Gasteiger partial charge in [-0.25, -0.2) is 4.79 Å². The van der Waals surface area contributed by atoms with Crippen LogP contribution < -0.4 is 21.3 Å². The summed E-state index contributed by atoms with van der Waals surface area (Å²) >= 11 is 1.11. The lowest BCUT2D eigenvalue weighted by atomic mass is 10.0. The number of aliphatic carboxylic acids is 2. The van der Waals surface area contributed by atoms with Crippen molar-refractivity contribution in [1.82, 2.24) is 21.3 Å². The number of aliphatic hydroxyl groups excluding tert-OH is 5. The Labute approximate surface area is 210 Å². The normalized spacial score (nSPS) is 17.0. The van der Waals surface area contributed by atoms with Crippen LogP contribution in [0.2, 0.25) is 0 Å². The molecule has 0 aromatic carbocycles. The van der Waals surface area contributed by atoms with Crippen molar-refractivity contribution < 1.29 is 59.7 Å². The number of thioether (sulfide) groups is 1. The molecule has 0 aromatic heterocycles. The molecule has 5 unspecified atom stereocenters. The van der Waals surface area contributed by atoms with Crippen molar-refractivity contribution in [3.05, 3.63) is 0 Å². The number of hydrogen-bond acceptors (Lipinski definition) is 12. The van der Waals surface area contributed by atoms with E-state index < -0.39 is 98.2 Å². The van der Waals surface area contributed by atoms with Gasteiger partial charge < -0.3 is 57.0 Å². The van der Waals surface area contributed by atoms with Crippen LogP contribution in [0.1, 0.15) is 12.8 Å². The first-order valence-corrected chi connectivity index (χ1v) is 12.0. The Balaban J connectivity index is 5.43. The molecule has 0 fully saturated rings. The van der Waals surface area contributed by atoms with Crippen LogP contribution >= 0.6 is 11.8 Å². The molecule has 0 rings (SSSR count). The van der Waals surface area contributed by atoms with Crippen molar-refractivity contribution in [3.8, 4) is 0 Å². The number of nitrogens with one attached hydrogen (secondary N) is 4. The Morgan fingerprint density at radius 2 is 1.33 bits per heavy atom. The summed E-state index contributed by atoms with van der Waals surface area (Å²) in [5.41, 5.74) is 0. The van der Waals surface area contributed by atoms with Crippen molar-refractivity contribution in [2.24, 2.45) is 0 Å². The molecule has 3 amide bonds. The highest BCUT2D eigenvalue weighted by Crippen LogP contribution is 2.06. The quantitative estimate of drug-likeness (QED) is 0.0770. The van der Waals surface area contributed by atoms with Gasteiger partial charge in [0.1, 0.15) is 30.4 Å². The first-order chi connectivity index (χ1) is 16.8. The molecule has 0 saturated carbocycles. The lowest BCUT2D eigenvalue weighted by Crippen LogP contribution is -2.57. The van der Waals surface area contributed by atoms with Crippen LogP contribution in [0.5, 0.6) is 0 Å². The fraction of sp³-hybridized carbons (Fsp3) is 0.737. The van der Waals surface area contributed by atoms with Gasteiger partial charge in [0.05, 0.1) is 31.6 Å². The second-order valence-corrected chi connectivity index (χ2v) is 8.57. The number of likely N-dealkylation sites (N-methyl/N-ethyl adjacent to an activating group) is 1. The first-order valence-electron chi connectivity index (χ1n) is 10.6. The van der Waals surface area contributed by atoms with Gasteiger partial charge in [0, 0.05) is 12.3 Å². The minimum Gasteiger partial charge on any atom is -0.481 e. The molecule has 11 N–H and O–H groups in total. The third-order valence-corrected chi connectivity index (χ3v) is 5.51. The molecule has 16 nitrogen and oxygen atoms in total. The summed E-state index contributed by atoms with van der Waals surface area (Å²) < 4.78 is 0. The van der Waals surface area contributed by atoms with E-state index in [9.17, 15) is 49.5 Å². The maximum Gasteiger partial charge on any atom is 0.327 e. The van der Waals surface area contributed by atoms with Gasteiger partial charge >= 0.3 is 11.9 Å². The molecule has 0 aliphatic carbocycles. The van der Waals surface area contributed by atoms with E-state index in [1.807, 2.05) is 0 Å². The van der Waals surface area contributed by atoms with Gasteiger partial charge in [-0.05, 0) is 13.3 Å². The van der Waals surface area contributed by atoms with E-state index in [-0.39, 0.29) is 5.75 Å². The van der Waals surface area contributed by atoms with Crippen molar-refractivity contribution >= 4 is 41.4 Å². The fourth-order valence-corrected chi connectivity index (χ4v) is 3.31. The van der Waals surface area contributed by atoms with Crippen LogP contribution in [0.25, 0.3) is 0 Å². The minimum absolute atomic E-state index is 0.0296. The van der Waals surface area contributed by atoms with Gasteiger partial charge in [-0.2, -0.15) is 11.8 Å². The summed E-state index contributed by atoms with van der Waals surface area (Å²) in [6, 6.07) is -4.28. The molecular formula is C19H34N4O12S. The number of aliphatic hydroxyl groups is 5. The van der Waals surface area contributed by atoms with Crippen LogP contribution in [0.4, 0.5) is 0 Å². The molecule has 0 heterocycles. The Bertz CT molecular complexity index is 758. The van der Waals surface area contributed by atoms with E-state index >= 15 is 0 Å². The van der Waals surface area contributed by atoms with E-state index in [0.717, 1.165) is 11.8 Å². The fourth-order valence-electron chi connectivity index (χ4n) is 2.76. The van der Waals surface area contributed by atoms with Crippen LogP contribution in [0, 0.1) is 0 Å². The van der Waals surface area contributed by atoms with Gasteiger partial charge in [-0.15, -0.1) is 0 Å². The number of amides is 3. The number of rotatable bonds is 18.